The van der Waals surface area contributed by atoms with Crippen molar-refractivity contribution in [2.24, 2.45) is 7.05 Å². The maximum atomic E-state index is 11.0. The molecule has 5 heteroatoms. The number of carbonyl (C=O) groups is 1. The average Bonchev–Trinajstić information content (AvgIpc) is 2.74. The van der Waals surface area contributed by atoms with Crippen LogP contribution in [0.4, 0.5) is 0 Å². The van der Waals surface area contributed by atoms with Crippen molar-refractivity contribution in [1.82, 2.24) is 9.72 Å². The Morgan fingerprint density at radius 1 is 1.62 bits per heavy atom. The normalized spacial score (nSPS) is 10.6. The van der Waals surface area contributed by atoms with Crippen LogP contribution < -0.4 is 0 Å². The van der Waals surface area contributed by atoms with Crippen molar-refractivity contribution in [3.8, 4) is 0 Å². The molecule has 0 spiro atoms. The Balaban J connectivity index is 2.31. The van der Waals surface area contributed by atoms with E-state index in [0.717, 1.165) is 5.56 Å². The van der Waals surface area contributed by atoms with Crippen LogP contribution in [0.3, 0.4) is 0 Å². The maximum absolute atomic E-state index is 11.0. The van der Waals surface area contributed by atoms with E-state index in [0.29, 0.717) is 17.9 Å². The van der Waals surface area contributed by atoms with Crippen LogP contribution in [-0.2, 0) is 13.5 Å². The highest BCUT2D eigenvalue weighted by molar-refractivity contribution is 5.89. The average molecular weight is 220 g/mol. The van der Waals surface area contributed by atoms with E-state index in [9.17, 15) is 4.79 Å². The highest BCUT2D eigenvalue weighted by atomic mass is 16.5. The molecule has 0 unspecified atom stereocenters. The van der Waals surface area contributed by atoms with Gasteiger partial charge in [0, 0.05) is 25.9 Å². The number of carboxylic acids is 1. The van der Waals surface area contributed by atoms with Crippen LogP contribution in [0.15, 0.2) is 23.0 Å². The molecule has 0 saturated heterocycles. The molecular weight excluding hydrogens is 208 g/mol. The van der Waals surface area contributed by atoms with Gasteiger partial charge in [0.25, 0.3) is 0 Å². The lowest BCUT2D eigenvalue weighted by molar-refractivity contribution is 0.0694. The van der Waals surface area contributed by atoms with Crippen LogP contribution >= 0.6 is 0 Å². The number of carboxylic acid groups (broad SMARTS) is 1. The summed E-state index contributed by atoms with van der Waals surface area (Å²) in [6.07, 6.45) is 4.30. The van der Waals surface area contributed by atoms with Gasteiger partial charge in [0.1, 0.15) is 17.0 Å². The third kappa shape index (κ3) is 1.84. The molecule has 0 aliphatic carbocycles. The number of rotatable bonds is 3. The zero-order valence-corrected chi connectivity index (χ0v) is 9.10. The summed E-state index contributed by atoms with van der Waals surface area (Å²) in [4.78, 5) is 11.0. The van der Waals surface area contributed by atoms with Gasteiger partial charge in [0.05, 0.1) is 0 Å². The number of nitrogens with zero attached hydrogens (tertiary/aromatic N) is 2. The van der Waals surface area contributed by atoms with Gasteiger partial charge in [0.2, 0.25) is 0 Å². The first kappa shape index (κ1) is 10.5. The molecule has 84 valence electrons. The summed E-state index contributed by atoms with van der Waals surface area (Å²) in [6.45, 7) is 1.60. The van der Waals surface area contributed by atoms with Crippen LogP contribution in [0, 0.1) is 6.92 Å². The second-order valence-corrected chi connectivity index (χ2v) is 3.73. The summed E-state index contributed by atoms with van der Waals surface area (Å²) >= 11 is 0. The smallest absolute Gasteiger partial charge is 0.341 e. The second kappa shape index (κ2) is 3.84. The van der Waals surface area contributed by atoms with Gasteiger partial charge >= 0.3 is 5.97 Å². The largest absolute Gasteiger partial charge is 0.477 e. The van der Waals surface area contributed by atoms with Crippen LogP contribution in [0.5, 0.6) is 0 Å². The predicted molar refractivity (Wildman–Crippen MR) is 56.4 cm³/mol. The first-order valence-electron chi connectivity index (χ1n) is 4.87. The molecule has 1 N–H and O–H groups in total. The lowest BCUT2D eigenvalue weighted by Crippen LogP contribution is -2.02. The third-order valence-corrected chi connectivity index (χ3v) is 2.41. The zero-order valence-electron chi connectivity index (χ0n) is 9.10. The fourth-order valence-corrected chi connectivity index (χ4v) is 1.67. The molecule has 0 radical (unpaired) electrons. The molecule has 2 aromatic rings. The van der Waals surface area contributed by atoms with E-state index in [4.69, 9.17) is 9.63 Å². The third-order valence-electron chi connectivity index (χ3n) is 2.41. The quantitative estimate of drug-likeness (QED) is 0.853. The monoisotopic (exact) mass is 220 g/mol. The zero-order chi connectivity index (χ0) is 11.7. The molecule has 0 saturated carbocycles. The molecular formula is C11H12N2O3. The SMILES string of the molecule is Cc1onc(Cc2ccn(C)c2)c1C(=O)O. The minimum absolute atomic E-state index is 0.170. The molecule has 0 atom stereocenters. The van der Waals surface area contributed by atoms with Crippen LogP contribution in [0.2, 0.25) is 0 Å². The molecule has 2 heterocycles. The van der Waals surface area contributed by atoms with Crippen LogP contribution in [-0.4, -0.2) is 20.8 Å². The minimum atomic E-state index is -0.996. The molecule has 0 fully saturated rings. The Morgan fingerprint density at radius 3 is 2.94 bits per heavy atom. The number of aryl methyl sites for hydroxylation is 2. The molecule has 0 aliphatic heterocycles. The fourth-order valence-electron chi connectivity index (χ4n) is 1.67. The molecule has 5 nitrogen and oxygen atoms in total. The summed E-state index contributed by atoms with van der Waals surface area (Å²) in [6, 6.07) is 1.93. The summed E-state index contributed by atoms with van der Waals surface area (Å²) in [5.41, 5.74) is 1.65. The Bertz CT molecular complexity index is 525. The number of hydrogen-bond donors (Lipinski definition) is 1. The topological polar surface area (TPSA) is 68.3 Å². The summed E-state index contributed by atoms with van der Waals surface area (Å²) in [5.74, 6) is -0.650. The first-order valence-corrected chi connectivity index (χ1v) is 4.87. The number of aromatic nitrogens is 2. The Labute approximate surface area is 92.3 Å². The van der Waals surface area contributed by atoms with Crippen molar-refractivity contribution in [3.63, 3.8) is 0 Å². The number of hydrogen-bond acceptors (Lipinski definition) is 3. The van der Waals surface area contributed by atoms with Crippen molar-refractivity contribution in [2.75, 3.05) is 0 Å². The highest BCUT2D eigenvalue weighted by Crippen LogP contribution is 2.17. The van der Waals surface area contributed by atoms with Crippen molar-refractivity contribution < 1.29 is 14.4 Å². The fraction of sp³-hybridized carbons (Fsp3) is 0.273. The van der Waals surface area contributed by atoms with E-state index in [1.54, 1.807) is 6.92 Å². The van der Waals surface area contributed by atoms with Gasteiger partial charge in [-0.3, -0.25) is 0 Å². The van der Waals surface area contributed by atoms with Gasteiger partial charge in [-0.15, -0.1) is 0 Å². The van der Waals surface area contributed by atoms with Gasteiger partial charge in [-0.05, 0) is 18.6 Å². The Morgan fingerprint density at radius 2 is 2.38 bits per heavy atom. The van der Waals surface area contributed by atoms with Gasteiger partial charge in [0.15, 0.2) is 0 Å². The highest BCUT2D eigenvalue weighted by Gasteiger charge is 2.19. The van der Waals surface area contributed by atoms with E-state index >= 15 is 0 Å². The molecule has 0 aliphatic rings. The molecule has 0 aromatic carbocycles. The van der Waals surface area contributed by atoms with Crippen LogP contribution in [0.25, 0.3) is 0 Å². The number of aromatic carboxylic acids is 1. The van der Waals surface area contributed by atoms with Crippen molar-refractivity contribution in [3.05, 3.63) is 41.0 Å². The molecule has 0 bridgehead atoms. The Kier molecular flexibility index (Phi) is 2.52. The van der Waals surface area contributed by atoms with Gasteiger partial charge in [-0.2, -0.15) is 0 Å². The van der Waals surface area contributed by atoms with E-state index in [-0.39, 0.29) is 5.56 Å². The van der Waals surface area contributed by atoms with E-state index in [2.05, 4.69) is 5.16 Å². The van der Waals surface area contributed by atoms with E-state index in [1.165, 1.54) is 0 Å². The maximum Gasteiger partial charge on any atom is 0.341 e. The summed E-state index contributed by atoms with van der Waals surface area (Å²) in [7, 11) is 1.91. The van der Waals surface area contributed by atoms with Crippen LogP contribution in [0.1, 0.15) is 27.4 Å². The minimum Gasteiger partial charge on any atom is -0.477 e. The van der Waals surface area contributed by atoms with Gasteiger partial charge in [-0.25, -0.2) is 4.79 Å². The van der Waals surface area contributed by atoms with Gasteiger partial charge in [-0.1, -0.05) is 5.16 Å². The van der Waals surface area contributed by atoms with Gasteiger partial charge < -0.3 is 14.2 Å². The first-order chi connectivity index (χ1) is 7.58. The van der Waals surface area contributed by atoms with E-state index < -0.39 is 5.97 Å². The van der Waals surface area contributed by atoms with Crippen molar-refractivity contribution in [1.29, 1.82) is 0 Å². The molecule has 16 heavy (non-hydrogen) atoms. The molecule has 2 aromatic heterocycles. The predicted octanol–water partition coefficient (Wildman–Crippen LogP) is 1.61. The van der Waals surface area contributed by atoms with E-state index in [1.807, 2.05) is 30.1 Å². The lowest BCUT2D eigenvalue weighted by atomic mass is 10.1. The lowest BCUT2D eigenvalue weighted by Gasteiger charge is -1.95. The van der Waals surface area contributed by atoms with Crippen molar-refractivity contribution >= 4 is 5.97 Å². The summed E-state index contributed by atoms with van der Waals surface area (Å²) < 4.78 is 6.80. The molecule has 2 rings (SSSR count). The second-order valence-electron chi connectivity index (χ2n) is 3.73. The standard InChI is InChI=1S/C11H12N2O3/c1-7-10(11(14)15)9(12-16-7)5-8-3-4-13(2)6-8/h3-4,6H,5H2,1-2H3,(H,14,15). The Hall–Kier alpha value is -2.04. The van der Waals surface area contributed by atoms with Crippen molar-refractivity contribution in [2.45, 2.75) is 13.3 Å². The molecule has 0 amide bonds. The summed E-state index contributed by atoms with van der Waals surface area (Å²) in [5, 5.41) is 12.8.